The first kappa shape index (κ1) is 35.3. The molecule has 256 valence electrons. The number of anilines is 1. The summed E-state index contributed by atoms with van der Waals surface area (Å²) in [5.41, 5.74) is 3.58. The van der Waals surface area contributed by atoms with Crippen molar-refractivity contribution in [2.45, 2.75) is 62.9 Å². The second-order valence-corrected chi connectivity index (χ2v) is 14.3. The molecule has 2 N–H and O–H groups in total. The van der Waals surface area contributed by atoms with E-state index in [-0.39, 0.29) is 29.2 Å². The molecule has 0 bridgehead atoms. The number of aryl methyl sites for hydroxylation is 1. The first-order valence-electron chi connectivity index (χ1n) is 16.2. The Labute approximate surface area is 286 Å². The summed E-state index contributed by atoms with van der Waals surface area (Å²) >= 11 is 0. The van der Waals surface area contributed by atoms with Gasteiger partial charge in [-0.1, -0.05) is 73.4 Å². The Morgan fingerprint density at radius 3 is 2.02 bits per heavy atom. The van der Waals surface area contributed by atoms with E-state index in [1.54, 1.807) is 24.3 Å². The van der Waals surface area contributed by atoms with Crippen LogP contribution in [0, 0.1) is 6.92 Å². The van der Waals surface area contributed by atoms with Crippen LogP contribution in [0.5, 0.6) is 5.75 Å². The van der Waals surface area contributed by atoms with Gasteiger partial charge in [0.1, 0.15) is 11.3 Å². The SMILES string of the molecule is COC(=O)c1ccc(CN(CC(=O)N(Cc2ccc(C3CCCCC3)cc2)c2ccc(C(=O)O)c(O)c2)S(=O)(=O)c2ccc(C)cc2)cc1. The van der Waals surface area contributed by atoms with Crippen molar-refractivity contribution in [1.29, 1.82) is 0 Å². The molecular formula is C38H40N2O8S. The molecule has 1 aliphatic carbocycles. The fraction of sp³-hybridized carbons (Fsp3) is 0.289. The summed E-state index contributed by atoms with van der Waals surface area (Å²) in [6, 6.07) is 24.4. The highest BCUT2D eigenvalue weighted by molar-refractivity contribution is 7.89. The zero-order chi connectivity index (χ0) is 35.1. The molecule has 1 amide bonds. The maximum Gasteiger partial charge on any atom is 0.339 e. The molecule has 1 saturated carbocycles. The summed E-state index contributed by atoms with van der Waals surface area (Å²) in [7, 11) is -2.94. The number of hydrogen-bond donors (Lipinski definition) is 2. The highest BCUT2D eigenvalue weighted by Gasteiger charge is 2.30. The van der Waals surface area contributed by atoms with Crippen molar-refractivity contribution in [1.82, 2.24) is 4.31 Å². The first-order chi connectivity index (χ1) is 23.5. The van der Waals surface area contributed by atoms with Crippen LogP contribution >= 0.6 is 0 Å². The number of aromatic hydroxyl groups is 1. The maximum absolute atomic E-state index is 14.3. The van der Waals surface area contributed by atoms with Gasteiger partial charge in [-0.2, -0.15) is 4.31 Å². The number of methoxy groups -OCH3 is 1. The Kier molecular flexibility index (Phi) is 11.2. The minimum Gasteiger partial charge on any atom is -0.507 e. The average Bonchev–Trinajstić information content (AvgIpc) is 3.10. The number of carbonyl (C=O) groups excluding carboxylic acids is 2. The number of ether oxygens (including phenoxy) is 1. The topological polar surface area (TPSA) is 142 Å². The summed E-state index contributed by atoms with van der Waals surface area (Å²) in [5.74, 6) is -2.49. The van der Waals surface area contributed by atoms with E-state index in [4.69, 9.17) is 4.74 Å². The molecule has 11 heteroatoms. The van der Waals surface area contributed by atoms with Crippen molar-refractivity contribution in [3.8, 4) is 5.75 Å². The van der Waals surface area contributed by atoms with Gasteiger partial charge in [0.05, 0.1) is 30.7 Å². The van der Waals surface area contributed by atoms with Crippen molar-refractivity contribution in [3.05, 3.63) is 124 Å². The standard InChI is InChI=1S/C38H40N2O8S/c1-26-8-19-33(20-9-26)49(46,47)39(23-27-12-16-31(17-13-27)38(45)48-2)25-36(42)40(32-18-21-34(37(43)44)35(41)22-32)24-28-10-14-30(15-11-28)29-6-4-3-5-7-29/h8-22,29,41H,3-7,23-25H2,1-2H3,(H,43,44). The zero-order valence-electron chi connectivity index (χ0n) is 27.5. The van der Waals surface area contributed by atoms with Crippen LogP contribution in [0.25, 0.3) is 0 Å². The zero-order valence-corrected chi connectivity index (χ0v) is 28.4. The van der Waals surface area contributed by atoms with E-state index in [2.05, 4.69) is 12.1 Å². The Morgan fingerprint density at radius 1 is 0.816 bits per heavy atom. The summed E-state index contributed by atoms with van der Waals surface area (Å²) < 4.78 is 34.0. The minimum absolute atomic E-state index is 0.00499. The maximum atomic E-state index is 14.3. The van der Waals surface area contributed by atoms with Crippen LogP contribution in [0.2, 0.25) is 0 Å². The van der Waals surface area contributed by atoms with Gasteiger partial charge in [0, 0.05) is 18.3 Å². The summed E-state index contributed by atoms with van der Waals surface area (Å²) in [4.78, 5) is 39.2. The number of carbonyl (C=O) groups is 3. The molecule has 5 rings (SSSR count). The third-order valence-electron chi connectivity index (χ3n) is 8.93. The fourth-order valence-corrected chi connectivity index (χ4v) is 7.47. The Hall–Kier alpha value is -5.00. The number of benzene rings is 4. The first-order valence-corrected chi connectivity index (χ1v) is 17.6. The van der Waals surface area contributed by atoms with Crippen molar-refractivity contribution in [2.24, 2.45) is 0 Å². The van der Waals surface area contributed by atoms with Crippen molar-refractivity contribution < 1.29 is 37.8 Å². The van der Waals surface area contributed by atoms with E-state index in [0.29, 0.717) is 17.0 Å². The molecule has 0 radical (unpaired) electrons. The van der Waals surface area contributed by atoms with E-state index in [0.717, 1.165) is 28.3 Å². The normalized spacial score (nSPS) is 13.6. The molecule has 0 spiro atoms. The van der Waals surface area contributed by atoms with Gasteiger partial charge in [-0.05, 0) is 78.8 Å². The van der Waals surface area contributed by atoms with Gasteiger partial charge < -0.3 is 19.8 Å². The molecule has 0 atom stereocenters. The summed E-state index contributed by atoms with van der Waals surface area (Å²) in [6.45, 7) is 1.13. The van der Waals surface area contributed by atoms with Gasteiger partial charge in [0.2, 0.25) is 15.9 Å². The molecule has 0 unspecified atom stereocenters. The van der Waals surface area contributed by atoms with Crippen LogP contribution in [0.15, 0.2) is 95.9 Å². The second-order valence-electron chi connectivity index (χ2n) is 12.3. The van der Waals surface area contributed by atoms with Crippen molar-refractivity contribution >= 4 is 33.6 Å². The van der Waals surface area contributed by atoms with E-state index < -0.39 is 40.2 Å². The molecule has 10 nitrogen and oxygen atoms in total. The lowest BCUT2D eigenvalue weighted by atomic mass is 9.84. The van der Waals surface area contributed by atoms with Crippen LogP contribution < -0.4 is 4.90 Å². The Morgan fingerprint density at radius 2 is 1.43 bits per heavy atom. The summed E-state index contributed by atoms with van der Waals surface area (Å²) in [6.07, 6.45) is 5.91. The van der Waals surface area contributed by atoms with Crippen LogP contribution in [-0.4, -0.2) is 54.4 Å². The van der Waals surface area contributed by atoms with Gasteiger partial charge >= 0.3 is 11.9 Å². The van der Waals surface area contributed by atoms with Crippen LogP contribution in [0.3, 0.4) is 0 Å². The van der Waals surface area contributed by atoms with E-state index >= 15 is 0 Å². The van der Waals surface area contributed by atoms with Gasteiger partial charge in [-0.25, -0.2) is 18.0 Å². The molecule has 0 saturated heterocycles. The number of aromatic carboxylic acids is 1. The van der Waals surface area contributed by atoms with E-state index in [9.17, 15) is 33.0 Å². The van der Waals surface area contributed by atoms with Gasteiger partial charge in [-0.3, -0.25) is 4.79 Å². The van der Waals surface area contributed by atoms with Crippen LogP contribution in [0.4, 0.5) is 5.69 Å². The van der Waals surface area contributed by atoms with Gasteiger partial charge in [0.25, 0.3) is 0 Å². The lowest BCUT2D eigenvalue weighted by molar-refractivity contribution is -0.119. The number of carboxylic acids is 1. The molecule has 1 fully saturated rings. The number of phenols is 1. The number of carboxylic acid groups (broad SMARTS) is 1. The van der Waals surface area contributed by atoms with Crippen molar-refractivity contribution in [2.75, 3.05) is 18.6 Å². The molecule has 0 aromatic heterocycles. The number of sulfonamides is 1. The Balaban J connectivity index is 1.49. The Bertz CT molecular complexity index is 1900. The van der Waals surface area contributed by atoms with Crippen molar-refractivity contribution in [3.63, 3.8) is 0 Å². The second kappa shape index (κ2) is 15.5. The quantitative estimate of drug-likeness (QED) is 0.158. The highest BCUT2D eigenvalue weighted by atomic mass is 32.2. The molecule has 0 heterocycles. The molecule has 49 heavy (non-hydrogen) atoms. The number of hydrogen-bond acceptors (Lipinski definition) is 7. The molecule has 1 aliphatic rings. The summed E-state index contributed by atoms with van der Waals surface area (Å²) in [5, 5.41) is 20.0. The average molecular weight is 685 g/mol. The van der Waals surface area contributed by atoms with Crippen LogP contribution in [0.1, 0.15) is 81.0 Å². The largest absolute Gasteiger partial charge is 0.507 e. The predicted molar refractivity (Wildman–Crippen MR) is 185 cm³/mol. The van der Waals surface area contributed by atoms with Crippen LogP contribution in [-0.2, 0) is 32.6 Å². The van der Waals surface area contributed by atoms with Gasteiger partial charge in [-0.15, -0.1) is 0 Å². The van der Waals surface area contributed by atoms with E-state index in [1.807, 2.05) is 19.1 Å². The third-order valence-corrected chi connectivity index (χ3v) is 10.7. The number of amides is 1. The minimum atomic E-state index is -4.21. The third kappa shape index (κ3) is 8.54. The molecule has 4 aromatic rings. The molecule has 0 aliphatic heterocycles. The number of esters is 1. The molecular weight excluding hydrogens is 644 g/mol. The molecule has 4 aromatic carbocycles. The number of nitrogens with zero attached hydrogens (tertiary/aromatic N) is 2. The fourth-order valence-electron chi connectivity index (χ4n) is 6.10. The lowest BCUT2D eigenvalue weighted by Crippen LogP contribution is -2.42. The van der Waals surface area contributed by atoms with E-state index in [1.165, 1.54) is 79.3 Å². The predicted octanol–water partition coefficient (Wildman–Crippen LogP) is 6.66. The smallest absolute Gasteiger partial charge is 0.339 e. The van der Waals surface area contributed by atoms with Gasteiger partial charge in [0.15, 0.2) is 0 Å². The highest BCUT2D eigenvalue weighted by Crippen LogP contribution is 2.33. The monoisotopic (exact) mass is 684 g/mol. The number of rotatable bonds is 12. The lowest BCUT2D eigenvalue weighted by Gasteiger charge is -2.28.